The molecule has 0 aliphatic carbocycles. The van der Waals surface area contributed by atoms with Crippen molar-refractivity contribution < 1.29 is 14.4 Å². The van der Waals surface area contributed by atoms with Crippen molar-refractivity contribution >= 4 is 12.6 Å². The number of rotatable bonds is 4. The van der Waals surface area contributed by atoms with Crippen LogP contribution in [0.25, 0.3) is 0 Å². The fraction of sp³-hybridized carbons (Fsp3) is 0.400. The van der Waals surface area contributed by atoms with Crippen LogP contribution in [0.15, 0.2) is 18.2 Å². The largest absolute Gasteiger partial charge is 0.491 e. The van der Waals surface area contributed by atoms with Gasteiger partial charge in [-0.3, -0.25) is 0 Å². The van der Waals surface area contributed by atoms with Gasteiger partial charge in [0.25, 0.3) is 0 Å². The van der Waals surface area contributed by atoms with Crippen LogP contribution < -0.4 is 5.46 Å². The van der Waals surface area contributed by atoms with E-state index in [4.69, 9.17) is 10.0 Å². The summed E-state index contributed by atoms with van der Waals surface area (Å²) in [5.74, 6) is -0.590. The second-order valence-corrected chi connectivity index (χ2v) is 3.56. The number of nitrogens with zero attached hydrogens (tertiary/aromatic N) is 1. The molecule has 0 amide bonds. The molecule has 0 unspecified atom stereocenters. The molecule has 0 saturated heterocycles. The Kier molecular flexibility index (Phi) is 4.26. The summed E-state index contributed by atoms with van der Waals surface area (Å²) in [5.41, 5.74) is 0.792. The van der Waals surface area contributed by atoms with Crippen molar-refractivity contribution in [3.8, 4) is 0 Å². The fourth-order valence-corrected chi connectivity index (χ4v) is 1.31. The zero-order valence-electron chi connectivity index (χ0n) is 8.94. The summed E-state index contributed by atoms with van der Waals surface area (Å²) in [6.45, 7) is 3.57. The summed E-state index contributed by atoms with van der Waals surface area (Å²) in [6.07, 6.45) is 0. The molecule has 0 aromatic heterocycles. The van der Waals surface area contributed by atoms with Crippen molar-refractivity contribution in [3.63, 3.8) is 0 Å². The van der Waals surface area contributed by atoms with Crippen molar-refractivity contribution in [1.29, 1.82) is 0 Å². The summed E-state index contributed by atoms with van der Waals surface area (Å²) < 4.78 is 13.1. The quantitative estimate of drug-likeness (QED) is 0.686. The topological polar surface area (TPSA) is 43.7 Å². The zero-order chi connectivity index (χ0) is 11.4. The van der Waals surface area contributed by atoms with Gasteiger partial charge in [0.05, 0.1) is 0 Å². The predicted octanol–water partition coefficient (Wildman–Crippen LogP) is -0.0428. The lowest BCUT2D eigenvalue weighted by Crippen LogP contribution is -2.33. The van der Waals surface area contributed by atoms with Crippen LogP contribution in [0.1, 0.15) is 12.5 Å². The first kappa shape index (κ1) is 12.2. The number of benzene rings is 1. The molecular weight excluding hydrogens is 196 g/mol. The van der Waals surface area contributed by atoms with E-state index in [1.54, 1.807) is 6.07 Å². The number of hydrogen-bond acceptors (Lipinski definition) is 3. The third kappa shape index (κ3) is 3.30. The first-order chi connectivity index (χ1) is 7.04. The van der Waals surface area contributed by atoms with Gasteiger partial charge in [-0.1, -0.05) is 19.1 Å². The van der Waals surface area contributed by atoms with Crippen molar-refractivity contribution in [2.75, 3.05) is 13.6 Å². The summed E-state index contributed by atoms with van der Waals surface area (Å²) in [5, 5.41) is 17.8. The van der Waals surface area contributed by atoms with Gasteiger partial charge in [0.1, 0.15) is 5.82 Å². The monoisotopic (exact) mass is 211 g/mol. The lowest BCUT2D eigenvalue weighted by atomic mass is 9.79. The Balaban J connectivity index is 2.87. The van der Waals surface area contributed by atoms with Crippen LogP contribution in [0.2, 0.25) is 0 Å². The molecule has 15 heavy (non-hydrogen) atoms. The Morgan fingerprint density at radius 3 is 2.60 bits per heavy atom. The molecule has 0 spiro atoms. The van der Waals surface area contributed by atoms with E-state index in [0.29, 0.717) is 6.54 Å². The molecule has 1 rings (SSSR count). The average molecular weight is 211 g/mol. The summed E-state index contributed by atoms with van der Waals surface area (Å²) in [6, 6.07) is 4.38. The van der Waals surface area contributed by atoms with Gasteiger partial charge in [0, 0.05) is 12.0 Å². The zero-order valence-corrected chi connectivity index (χ0v) is 8.94. The highest BCUT2D eigenvalue weighted by Gasteiger charge is 2.16. The molecular formula is C10H15BFNO2. The van der Waals surface area contributed by atoms with E-state index in [1.807, 2.05) is 18.9 Å². The van der Waals surface area contributed by atoms with E-state index in [-0.39, 0.29) is 5.46 Å². The standard InChI is InChI=1S/C10H15BFNO2/c1-3-13(2)7-8-4-5-10(12)9(6-8)11(14)15/h4-6,14-15H,3,7H2,1-2H3. The first-order valence-corrected chi connectivity index (χ1v) is 4.87. The van der Waals surface area contributed by atoms with Gasteiger partial charge < -0.3 is 14.9 Å². The number of halogens is 1. The summed E-state index contributed by atoms with van der Waals surface area (Å²) >= 11 is 0. The van der Waals surface area contributed by atoms with Crippen LogP contribution in [-0.2, 0) is 6.54 Å². The third-order valence-corrected chi connectivity index (χ3v) is 2.33. The summed E-state index contributed by atoms with van der Waals surface area (Å²) in [4.78, 5) is 2.04. The van der Waals surface area contributed by atoms with Crippen molar-refractivity contribution in [2.24, 2.45) is 0 Å². The third-order valence-electron chi connectivity index (χ3n) is 2.33. The molecule has 0 radical (unpaired) electrons. The van der Waals surface area contributed by atoms with Crippen LogP contribution in [0.5, 0.6) is 0 Å². The molecule has 3 nitrogen and oxygen atoms in total. The average Bonchev–Trinajstić information content (AvgIpc) is 2.20. The molecule has 1 aromatic carbocycles. The minimum Gasteiger partial charge on any atom is -0.423 e. The van der Waals surface area contributed by atoms with Gasteiger partial charge in [0.2, 0.25) is 0 Å². The van der Waals surface area contributed by atoms with Crippen molar-refractivity contribution in [2.45, 2.75) is 13.5 Å². The summed E-state index contributed by atoms with van der Waals surface area (Å²) in [7, 11) is 0.190. The highest BCUT2D eigenvalue weighted by molar-refractivity contribution is 6.58. The van der Waals surface area contributed by atoms with Crippen LogP contribution in [0.4, 0.5) is 4.39 Å². The van der Waals surface area contributed by atoms with Crippen LogP contribution >= 0.6 is 0 Å². The van der Waals surface area contributed by atoms with E-state index in [9.17, 15) is 4.39 Å². The normalized spacial score (nSPS) is 10.8. The lowest BCUT2D eigenvalue weighted by Gasteiger charge is -2.14. The van der Waals surface area contributed by atoms with Gasteiger partial charge >= 0.3 is 7.12 Å². The maximum atomic E-state index is 13.1. The Morgan fingerprint density at radius 1 is 1.40 bits per heavy atom. The fourth-order valence-electron chi connectivity index (χ4n) is 1.31. The minimum absolute atomic E-state index is 0.0722. The SMILES string of the molecule is CCN(C)Cc1ccc(F)c(B(O)O)c1. The molecule has 0 aliphatic rings. The van der Waals surface area contributed by atoms with Gasteiger partial charge in [-0.15, -0.1) is 0 Å². The number of hydrogen-bond donors (Lipinski definition) is 2. The van der Waals surface area contributed by atoms with Gasteiger partial charge in [-0.25, -0.2) is 4.39 Å². The Bertz CT molecular complexity index is 333. The predicted molar refractivity (Wildman–Crippen MR) is 58.2 cm³/mol. The molecule has 2 N–H and O–H groups in total. The van der Waals surface area contributed by atoms with E-state index < -0.39 is 12.9 Å². The lowest BCUT2D eigenvalue weighted by molar-refractivity contribution is 0.345. The molecule has 5 heteroatoms. The van der Waals surface area contributed by atoms with E-state index in [1.165, 1.54) is 12.1 Å². The first-order valence-electron chi connectivity index (χ1n) is 4.87. The van der Waals surface area contributed by atoms with Crippen LogP contribution in [0.3, 0.4) is 0 Å². The van der Waals surface area contributed by atoms with Gasteiger partial charge in [-0.05, 0) is 25.2 Å². The minimum atomic E-state index is -1.75. The highest BCUT2D eigenvalue weighted by Crippen LogP contribution is 2.04. The second kappa shape index (κ2) is 5.25. The highest BCUT2D eigenvalue weighted by atomic mass is 19.1. The maximum Gasteiger partial charge on any atom is 0.491 e. The van der Waals surface area contributed by atoms with Crippen molar-refractivity contribution in [1.82, 2.24) is 4.90 Å². The van der Waals surface area contributed by atoms with Crippen LogP contribution in [-0.4, -0.2) is 35.7 Å². The van der Waals surface area contributed by atoms with Crippen LogP contribution in [0, 0.1) is 5.82 Å². The molecule has 82 valence electrons. The molecule has 0 aliphatic heterocycles. The molecule has 0 atom stereocenters. The van der Waals surface area contributed by atoms with E-state index in [2.05, 4.69) is 0 Å². The smallest absolute Gasteiger partial charge is 0.423 e. The van der Waals surface area contributed by atoms with Crippen molar-refractivity contribution in [3.05, 3.63) is 29.6 Å². The molecule has 0 saturated carbocycles. The second-order valence-electron chi connectivity index (χ2n) is 3.56. The molecule has 0 bridgehead atoms. The molecule has 0 fully saturated rings. The van der Waals surface area contributed by atoms with Gasteiger partial charge in [0.15, 0.2) is 0 Å². The van der Waals surface area contributed by atoms with Gasteiger partial charge in [-0.2, -0.15) is 0 Å². The molecule has 0 heterocycles. The molecule has 1 aromatic rings. The Morgan fingerprint density at radius 2 is 2.07 bits per heavy atom. The Hall–Kier alpha value is -0.905. The van der Waals surface area contributed by atoms with E-state index >= 15 is 0 Å². The van der Waals surface area contributed by atoms with E-state index in [0.717, 1.165) is 12.1 Å². The Labute approximate surface area is 89.3 Å². The maximum absolute atomic E-state index is 13.1.